The number of carbonyl (C=O) groups excluding carboxylic acids is 2. The van der Waals surface area contributed by atoms with Crippen LogP contribution in [0.1, 0.15) is 34.1 Å². The molecule has 0 bridgehead atoms. The van der Waals surface area contributed by atoms with Crippen LogP contribution in [0.5, 0.6) is 34.5 Å². The highest BCUT2D eigenvalue weighted by Gasteiger charge is 2.40. The Labute approximate surface area is 218 Å². The van der Waals surface area contributed by atoms with Crippen LogP contribution >= 0.6 is 0 Å². The van der Waals surface area contributed by atoms with Crippen molar-refractivity contribution in [1.29, 1.82) is 0 Å². The summed E-state index contributed by atoms with van der Waals surface area (Å²) in [5.41, 5.74) is 2.92. The van der Waals surface area contributed by atoms with E-state index >= 15 is 0 Å². The molecule has 38 heavy (non-hydrogen) atoms. The average Bonchev–Trinajstić information content (AvgIpc) is 3.47. The Kier molecular flexibility index (Phi) is 5.60. The lowest BCUT2D eigenvalue weighted by atomic mass is 9.88. The van der Waals surface area contributed by atoms with Gasteiger partial charge in [-0.05, 0) is 35.4 Å². The van der Waals surface area contributed by atoms with E-state index in [4.69, 9.17) is 28.4 Å². The number of benzene rings is 4. The molecule has 0 spiro atoms. The molecule has 4 aromatic rings. The molecule has 2 unspecified atom stereocenters. The zero-order chi connectivity index (χ0) is 26.6. The van der Waals surface area contributed by atoms with Crippen molar-refractivity contribution < 1.29 is 38.0 Å². The third kappa shape index (κ3) is 3.44. The van der Waals surface area contributed by atoms with Crippen LogP contribution in [0.2, 0.25) is 0 Å². The summed E-state index contributed by atoms with van der Waals surface area (Å²) < 4.78 is 33.1. The van der Waals surface area contributed by atoms with Gasteiger partial charge in [-0.15, -0.1) is 0 Å². The molecule has 2 aliphatic heterocycles. The van der Waals surface area contributed by atoms with Gasteiger partial charge in [-0.25, -0.2) is 0 Å². The lowest BCUT2D eigenvalue weighted by molar-refractivity contribution is -0.134. The molecule has 0 N–H and O–H groups in total. The molecule has 2 aliphatic rings. The van der Waals surface area contributed by atoms with Gasteiger partial charge in [0.05, 0.1) is 28.4 Å². The average molecular weight is 513 g/mol. The third-order valence-electron chi connectivity index (χ3n) is 7.14. The van der Waals surface area contributed by atoms with E-state index in [2.05, 4.69) is 0 Å². The minimum atomic E-state index is -0.621. The van der Waals surface area contributed by atoms with E-state index in [0.717, 1.165) is 22.3 Å². The molecule has 4 aromatic carbocycles. The Hall–Kier alpha value is -4.72. The molecule has 0 saturated heterocycles. The number of carbonyl (C=O) groups is 2. The summed E-state index contributed by atoms with van der Waals surface area (Å²) in [6.45, 7) is 0. The fourth-order valence-corrected chi connectivity index (χ4v) is 5.34. The Morgan fingerprint density at radius 1 is 0.526 bits per heavy atom. The van der Waals surface area contributed by atoms with Gasteiger partial charge in [0.15, 0.2) is 23.0 Å². The van der Waals surface area contributed by atoms with E-state index in [-0.39, 0.29) is 11.9 Å². The monoisotopic (exact) mass is 512 g/mol. The summed E-state index contributed by atoms with van der Waals surface area (Å²) >= 11 is 0. The molecule has 8 nitrogen and oxygen atoms in total. The molecule has 6 rings (SSSR count). The second-order valence-electron chi connectivity index (χ2n) is 9.00. The van der Waals surface area contributed by atoms with Crippen molar-refractivity contribution in [2.24, 2.45) is 0 Å². The Balaban J connectivity index is 1.44. The van der Waals surface area contributed by atoms with Crippen LogP contribution in [0.15, 0.2) is 60.7 Å². The van der Waals surface area contributed by atoms with E-state index in [9.17, 15) is 9.59 Å². The summed E-state index contributed by atoms with van der Waals surface area (Å²) in [5.74, 6) is 1.10. The van der Waals surface area contributed by atoms with E-state index in [1.165, 1.54) is 0 Å². The first-order valence-electron chi connectivity index (χ1n) is 12.0. The summed E-state index contributed by atoms with van der Waals surface area (Å²) in [5, 5.41) is 1.39. The van der Waals surface area contributed by atoms with Crippen LogP contribution in [0, 0.1) is 0 Å². The first-order valence-corrected chi connectivity index (χ1v) is 12.0. The number of hydrogen-bond donors (Lipinski definition) is 0. The Bertz CT molecular complexity index is 1500. The van der Waals surface area contributed by atoms with E-state index in [1.807, 2.05) is 36.4 Å². The molecule has 192 valence electrons. The molecule has 0 radical (unpaired) electrons. The maximum atomic E-state index is 13.1. The molecule has 0 aliphatic carbocycles. The van der Waals surface area contributed by atoms with Crippen LogP contribution in [0.3, 0.4) is 0 Å². The molecular weight excluding hydrogens is 488 g/mol. The van der Waals surface area contributed by atoms with Crippen LogP contribution in [0.25, 0.3) is 10.8 Å². The minimum Gasteiger partial charge on any atom is -0.493 e. The lowest BCUT2D eigenvalue weighted by Crippen LogP contribution is -2.11. The maximum Gasteiger partial charge on any atom is 0.323 e. The highest BCUT2D eigenvalue weighted by Crippen LogP contribution is 2.50. The van der Waals surface area contributed by atoms with Crippen LogP contribution in [0.4, 0.5) is 0 Å². The zero-order valence-electron chi connectivity index (χ0n) is 21.2. The minimum absolute atomic E-state index is 0.389. The van der Waals surface area contributed by atoms with Gasteiger partial charge in [-0.1, -0.05) is 36.4 Å². The molecule has 0 amide bonds. The van der Waals surface area contributed by atoms with Crippen molar-refractivity contribution in [3.63, 3.8) is 0 Å². The van der Waals surface area contributed by atoms with Crippen LogP contribution < -0.4 is 28.4 Å². The number of hydrogen-bond acceptors (Lipinski definition) is 8. The van der Waals surface area contributed by atoms with Gasteiger partial charge in [0.1, 0.15) is 23.3 Å². The number of rotatable bonds is 6. The molecule has 0 saturated carbocycles. The van der Waals surface area contributed by atoms with Crippen LogP contribution in [-0.2, 0) is 9.59 Å². The van der Waals surface area contributed by atoms with Gasteiger partial charge in [0.25, 0.3) is 0 Å². The summed E-state index contributed by atoms with van der Waals surface area (Å²) in [6, 6.07) is 18.2. The number of esters is 2. The predicted octanol–water partition coefficient (Wildman–Crippen LogP) is 4.98. The lowest BCUT2D eigenvalue weighted by Gasteiger charge is -2.13. The number of fused-ring (bicyclic) bond motifs is 5. The molecule has 2 atom stereocenters. The quantitative estimate of drug-likeness (QED) is 0.264. The van der Waals surface area contributed by atoms with Crippen molar-refractivity contribution in [2.75, 3.05) is 28.4 Å². The van der Waals surface area contributed by atoms with Crippen molar-refractivity contribution in [3.8, 4) is 34.5 Å². The van der Waals surface area contributed by atoms with Crippen molar-refractivity contribution >= 4 is 22.7 Å². The van der Waals surface area contributed by atoms with E-state index in [1.54, 1.807) is 52.7 Å². The SMILES string of the molecule is COc1ccc(C2C(=O)Oc3c2ccc2c4c(ccc32)C(c2ccc(OC)c(OC)c2)C(=O)O4)cc1OC. The van der Waals surface area contributed by atoms with Gasteiger partial charge in [-0.3, -0.25) is 9.59 Å². The van der Waals surface area contributed by atoms with Crippen molar-refractivity contribution in [3.05, 3.63) is 82.9 Å². The van der Waals surface area contributed by atoms with Crippen LogP contribution in [-0.4, -0.2) is 40.4 Å². The molecular formula is C30H24O8. The second-order valence-corrected chi connectivity index (χ2v) is 9.00. The predicted molar refractivity (Wildman–Crippen MR) is 138 cm³/mol. The summed E-state index contributed by atoms with van der Waals surface area (Å²) in [7, 11) is 6.22. The Morgan fingerprint density at radius 2 is 0.921 bits per heavy atom. The number of methoxy groups -OCH3 is 4. The normalized spacial score (nSPS) is 17.5. The molecule has 2 heterocycles. The maximum absolute atomic E-state index is 13.1. The van der Waals surface area contributed by atoms with Crippen molar-refractivity contribution in [1.82, 2.24) is 0 Å². The Morgan fingerprint density at radius 3 is 1.29 bits per heavy atom. The number of ether oxygens (including phenoxy) is 6. The third-order valence-corrected chi connectivity index (χ3v) is 7.14. The van der Waals surface area contributed by atoms with Gasteiger partial charge >= 0.3 is 11.9 Å². The highest BCUT2D eigenvalue weighted by atomic mass is 16.5. The van der Waals surface area contributed by atoms with E-state index < -0.39 is 11.8 Å². The largest absolute Gasteiger partial charge is 0.493 e. The van der Waals surface area contributed by atoms with E-state index in [0.29, 0.717) is 45.3 Å². The highest BCUT2D eigenvalue weighted by molar-refractivity contribution is 6.05. The fourth-order valence-electron chi connectivity index (χ4n) is 5.34. The van der Waals surface area contributed by atoms with Gasteiger partial charge in [-0.2, -0.15) is 0 Å². The molecule has 0 aromatic heterocycles. The standard InChI is InChI=1S/C30H24O8/c1-33-21-11-5-15(13-23(21)35-3)25-19-9-7-18-17(27(19)37-29(25)31)8-10-20-26(30(32)38-28(18)20)16-6-12-22(34-2)24(14-16)36-4/h5-14,25-26H,1-4H3. The molecule has 0 fully saturated rings. The smallest absolute Gasteiger partial charge is 0.323 e. The summed E-state index contributed by atoms with van der Waals surface area (Å²) in [4.78, 5) is 26.1. The molecule has 8 heteroatoms. The summed E-state index contributed by atoms with van der Waals surface area (Å²) in [6.07, 6.45) is 0. The fraction of sp³-hybridized carbons (Fsp3) is 0.200. The first-order chi connectivity index (χ1) is 18.5. The van der Waals surface area contributed by atoms with Gasteiger partial charge < -0.3 is 28.4 Å². The second kappa shape index (κ2) is 8.99. The van der Waals surface area contributed by atoms with Gasteiger partial charge in [0, 0.05) is 21.9 Å². The topological polar surface area (TPSA) is 89.5 Å². The van der Waals surface area contributed by atoms with Crippen molar-refractivity contribution in [2.45, 2.75) is 11.8 Å². The first kappa shape index (κ1) is 23.7. The zero-order valence-corrected chi connectivity index (χ0v) is 21.2. The van der Waals surface area contributed by atoms with Gasteiger partial charge in [0.2, 0.25) is 0 Å².